The Kier molecular flexibility index (Phi) is 3.88. The van der Waals surface area contributed by atoms with Crippen LogP contribution in [0.15, 0.2) is 24.3 Å². The van der Waals surface area contributed by atoms with Crippen LogP contribution in [0, 0.1) is 5.82 Å². The second-order valence-electron chi connectivity index (χ2n) is 3.42. The second-order valence-corrected chi connectivity index (χ2v) is 3.76. The molecule has 0 radical (unpaired) electrons. The Hall–Kier alpha value is -1.95. The zero-order valence-electron chi connectivity index (χ0n) is 9.61. The molecule has 2 N–H and O–H groups in total. The molecule has 5 nitrogen and oxygen atoms in total. The number of benzene rings is 1. The van der Waals surface area contributed by atoms with Gasteiger partial charge in [-0.1, -0.05) is 6.07 Å². The predicted octanol–water partition coefficient (Wildman–Crippen LogP) is 2.84. The van der Waals surface area contributed by atoms with Gasteiger partial charge in [-0.3, -0.25) is 0 Å². The van der Waals surface area contributed by atoms with E-state index in [0.29, 0.717) is 18.2 Å². The van der Waals surface area contributed by atoms with Gasteiger partial charge < -0.3 is 10.6 Å². The van der Waals surface area contributed by atoms with Gasteiger partial charge in [-0.15, -0.1) is 0 Å². The number of aromatic nitrogens is 3. The summed E-state index contributed by atoms with van der Waals surface area (Å²) < 4.78 is 13.0. The summed E-state index contributed by atoms with van der Waals surface area (Å²) in [6.07, 6.45) is 0. The first kappa shape index (κ1) is 12.5. The van der Waals surface area contributed by atoms with Crippen molar-refractivity contribution in [3.8, 4) is 0 Å². The number of rotatable bonds is 4. The third kappa shape index (κ3) is 3.27. The first-order chi connectivity index (χ1) is 8.67. The fourth-order valence-electron chi connectivity index (χ4n) is 1.34. The molecule has 0 atom stereocenters. The number of nitrogens with one attached hydrogen (secondary N) is 2. The van der Waals surface area contributed by atoms with Crippen molar-refractivity contribution in [2.24, 2.45) is 0 Å². The fourth-order valence-corrected chi connectivity index (χ4v) is 1.50. The summed E-state index contributed by atoms with van der Waals surface area (Å²) >= 11 is 5.77. The lowest BCUT2D eigenvalue weighted by Crippen LogP contribution is -2.06. The van der Waals surface area contributed by atoms with Gasteiger partial charge in [0.25, 0.3) is 0 Å². The molecule has 2 rings (SSSR count). The summed E-state index contributed by atoms with van der Waals surface area (Å²) in [7, 11) is 0. The molecular weight excluding hydrogens is 257 g/mol. The van der Waals surface area contributed by atoms with Gasteiger partial charge in [-0.05, 0) is 36.7 Å². The fraction of sp³-hybridized carbons (Fsp3) is 0.182. The minimum Gasteiger partial charge on any atom is -0.354 e. The highest BCUT2D eigenvalue weighted by Crippen LogP contribution is 2.16. The predicted molar refractivity (Wildman–Crippen MR) is 68.7 cm³/mol. The zero-order chi connectivity index (χ0) is 13.0. The standard InChI is InChI=1S/C11H11ClFN5/c1-2-14-10-16-9(12)17-11(18-10)15-8-5-3-4-7(13)6-8/h3-6H,2H2,1H3,(H2,14,15,16,17,18). The highest BCUT2D eigenvalue weighted by molar-refractivity contribution is 6.28. The van der Waals surface area contributed by atoms with Gasteiger partial charge in [0.15, 0.2) is 0 Å². The Morgan fingerprint density at radius 3 is 2.72 bits per heavy atom. The van der Waals surface area contributed by atoms with Crippen LogP contribution >= 0.6 is 11.6 Å². The van der Waals surface area contributed by atoms with Crippen molar-refractivity contribution in [3.63, 3.8) is 0 Å². The van der Waals surface area contributed by atoms with Crippen LogP contribution in [-0.4, -0.2) is 21.5 Å². The van der Waals surface area contributed by atoms with Crippen LogP contribution in [0.1, 0.15) is 6.92 Å². The van der Waals surface area contributed by atoms with E-state index in [1.54, 1.807) is 12.1 Å². The van der Waals surface area contributed by atoms with Crippen LogP contribution in [0.4, 0.5) is 22.0 Å². The number of anilines is 3. The van der Waals surface area contributed by atoms with Crippen molar-refractivity contribution in [2.75, 3.05) is 17.2 Å². The van der Waals surface area contributed by atoms with E-state index in [1.165, 1.54) is 12.1 Å². The summed E-state index contributed by atoms with van der Waals surface area (Å²) in [6.45, 7) is 2.58. The molecule has 2 aromatic rings. The summed E-state index contributed by atoms with van der Waals surface area (Å²) in [5.41, 5.74) is 0.541. The molecule has 1 heterocycles. The second kappa shape index (κ2) is 5.59. The van der Waals surface area contributed by atoms with Crippen molar-refractivity contribution in [3.05, 3.63) is 35.4 Å². The van der Waals surface area contributed by atoms with Gasteiger partial charge in [-0.2, -0.15) is 15.0 Å². The Morgan fingerprint density at radius 1 is 1.22 bits per heavy atom. The Labute approximate surface area is 108 Å². The Bertz CT molecular complexity index is 549. The van der Waals surface area contributed by atoms with Crippen LogP contribution in [-0.2, 0) is 0 Å². The number of nitrogens with zero attached hydrogens (tertiary/aromatic N) is 3. The first-order valence-electron chi connectivity index (χ1n) is 5.35. The topological polar surface area (TPSA) is 62.7 Å². The summed E-state index contributed by atoms with van der Waals surface area (Å²) in [4.78, 5) is 11.9. The third-order valence-corrected chi connectivity index (χ3v) is 2.19. The van der Waals surface area contributed by atoms with Crippen molar-refractivity contribution >= 4 is 29.2 Å². The summed E-state index contributed by atoms with van der Waals surface area (Å²) in [6, 6.07) is 5.99. The number of hydrogen-bond donors (Lipinski definition) is 2. The SMILES string of the molecule is CCNc1nc(Cl)nc(Nc2cccc(F)c2)n1. The average Bonchev–Trinajstić information content (AvgIpc) is 2.28. The molecule has 0 aliphatic rings. The number of hydrogen-bond acceptors (Lipinski definition) is 5. The maximum Gasteiger partial charge on any atom is 0.233 e. The van der Waals surface area contributed by atoms with E-state index in [4.69, 9.17) is 11.6 Å². The van der Waals surface area contributed by atoms with Crippen molar-refractivity contribution in [1.82, 2.24) is 15.0 Å². The molecule has 0 saturated heterocycles. The van der Waals surface area contributed by atoms with Crippen molar-refractivity contribution < 1.29 is 4.39 Å². The summed E-state index contributed by atoms with van der Waals surface area (Å²) in [5, 5.41) is 5.85. The smallest absolute Gasteiger partial charge is 0.233 e. The van der Waals surface area contributed by atoms with Crippen LogP contribution in [0.5, 0.6) is 0 Å². The van der Waals surface area contributed by atoms with E-state index < -0.39 is 0 Å². The highest BCUT2D eigenvalue weighted by atomic mass is 35.5. The Balaban J connectivity index is 2.23. The van der Waals surface area contributed by atoms with E-state index in [2.05, 4.69) is 25.6 Å². The van der Waals surface area contributed by atoms with Gasteiger partial charge in [0, 0.05) is 12.2 Å². The quantitative estimate of drug-likeness (QED) is 0.892. The third-order valence-electron chi connectivity index (χ3n) is 2.02. The minimum atomic E-state index is -0.341. The van der Waals surface area contributed by atoms with Crippen LogP contribution < -0.4 is 10.6 Å². The van der Waals surface area contributed by atoms with Gasteiger partial charge in [0.2, 0.25) is 17.2 Å². The lowest BCUT2D eigenvalue weighted by molar-refractivity contribution is 0.628. The molecule has 0 aliphatic heterocycles. The van der Waals surface area contributed by atoms with Crippen LogP contribution in [0.3, 0.4) is 0 Å². The minimum absolute atomic E-state index is 0.0693. The van der Waals surface area contributed by atoms with Gasteiger partial charge >= 0.3 is 0 Å². The van der Waals surface area contributed by atoms with Gasteiger partial charge in [0.05, 0.1) is 0 Å². The van der Waals surface area contributed by atoms with E-state index in [0.717, 1.165) is 0 Å². The largest absolute Gasteiger partial charge is 0.354 e. The normalized spacial score (nSPS) is 10.2. The lowest BCUT2D eigenvalue weighted by atomic mass is 10.3. The molecule has 0 fully saturated rings. The summed E-state index contributed by atoms with van der Waals surface area (Å²) in [5.74, 6) is 0.292. The van der Waals surface area contributed by atoms with Gasteiger partial charge in [0.1, 0.15) is 5.82 Å². The van der Waals surface area contributed by atoms with Crippen molar-refractivity contribution in [2.45, 2.75) is 6.92 Å². The zero-order valence-corrected chi connectivity index (χ0v) is 10.4. The van der Waals surface area contributed by atoms with E-state index >= 15 is 0 Å². The van der Waals surface area contributed by atoms with Gasteiger partial charge in [-0.25, -0.2) is 4.39 Å². The van der Waals surface area contributed by atoms with E-state index in [1.807, 2.05) is 6.92 Å². The molecule has 0 aliphatic carbocycles. The van der Waals surface area contributed by atoms with Crippen molar-refractivity contribution in [1.29, 1.82) is 0 Å². The highest BCUT2D eigenvalue weighted by Gasteiger charge is 2.05. The van der Waals surface area contributed by atoms with Crippen LogP contribution in [0.25, 0.3) is 0 Å². The first-order valence-corrected chi connectivity index (χ1v) is 5.73. The van der Waals surface area contributed by atoms with Crippen LogP contribution in [0.2, 0.25) is 5.28 Å². The maximum absolute atomic E-state index is 13.0. The molecule has 0 saturated carbocycles. The molecule has 0 spiro atoms. The maximum atomic E-state index is 13.0. The molecule has 0 amide bonds. The monoisotopic (exact) mass is 267 g/mol. The Morgan fingerprint density at radius 2 is 2.00 bits per heavy atom. The lowest BCUT2D eigenvalue weighted by Gasteiger charge is -2.07. The number of halogens is 2. The molecule has 0 bridgehead atoms. The molecule has 18 heavy (non-hydrogen) atoms. The average molecular weight is 268 g/mol. The molecule has 1 aromatic heterocycles. The van der Waals surface area contributed by atoms with E-state index in [-0.39, 0.29) is 17.0 Å². The molecule has 1 aromatic carbocycles. The molecule has 0 unspecified atom stereocenters. The molecular formula is C11H11ClFN5. The molecule has 94 valence electrons. The van der Waals surface area contributed by atoms with E-state index in [9.17, 15) is 4.39 Å². The molecule has 7 heteroatoms.